The number of hydrogen-bond donors (Lipinski definition) is 1. The molecular formula is C24H28Cl3N3O4S. The first-order chi connectivity index (χ1) is 16.5. The molecule has 1 aliphatic rings. The average molecular weight is 561 g/mol. The van der Waals surface area contributed by atoms with Crippen molar-refractivity contribution in [3.05, 3.63) is 63.1 Å². The van der Waals surface area contributed by atoms with E-state index in [-0.39, 0.29) is 18.5 Å². The van der Waals surface area contributed by atoms with Gasteiger partial charge in [0.25, 0.3) is 0 Å². The number of hydrogen-bond acceptors (Lipinski definition) is 4. The fourth-order valence-corrected chi connectivity index (χ4v) is 5.33. The minimum Gasteiger partial charge on any atom is -0.352 e. The van der Waals surface area contributed by atoms with Gasteiger partial charge in [-0.1, -0.05) is 53.7 Å². The van der Waals surface area contributed by atoms with Crippen LogP contribution in [0, 0.1) is 0 Å². The summed E-state index contributed by atoms with van der Waals surface area (Å²) in [6.07, 6.45) is 4.93. The molecule has 1 N–H and O–H groups in total. The first kappa shape index (κ1) is 27.6. The zero-order valence-electron chi connectivity index (χ0n) is 19.5. The molecule has 11 heteroatoms. The van der Waals surface area contributed by atoms with Crippen LogP contribution in [0.15, 0.2) is 42.5 Å². The summed E-state index contributed by atoms with van der Waals surface area (Å²) in [6, 6.07) is 10.3. The van der Waals surface area contributed by atoms with Gasteiger partial charge in [0.05, 0.1) is 22.0 Å². The highest BCUT2D eigenvalue weighted by Crippen LogP contribution is 2.25. The van der Waals surface area contributed by atoms with Crippen molar-refractivity contribution >= 4 is 62.3 Å². The highest BCUT2D eigenvalue weighted by atomic mass is 35.5. The summed E-state index contributed by atoms with van der Waals surface area (Å²) in [7, 11) is -3.81. The number of amides is 2. The molecule has 3 rings (SSSR count). The number of anilines is 1. The zero-order valence-corrected chi connectivity index (χ0v) is 22.6. The van der Waals surface area contributed by atoms with E-state index in [0.29, 0.717) is 26.3 Å². The third-order valence-corrected chi connectivity index (χ3v) is 8.13. The summed E-state index contributed by atoms with van der Waals surface area (Å²) in [4.78, 5) is 27.9. The molecule has 0 spiro atoms. The lowest BCUT2D eigenvalue weighted by atomic mass is 10.1. The van der Waals surface area contributed by atoms with Gasteiger partial charge in [-0.3, -0.25) is 13.9 Å². The minimum atomic E-state index is -3.81. The van der Waals surface area contributed by atoms with Crippen LogP contribution in [-0.4, -0.2) is 50.0 Å². The van der Waals surface area contributed by atoms with Crippen LogP contribution in [0.4, 0.5) is 5.69 Å². The largest absolute Gasteiger partial charge is 0.352 e. The second-order valence-electron chi connectivity index (χ2n) is 8.68. The standard InChI is InChI=1S/C24H28Cl3N3O4S/c1-16(24(32)28-19-5-3-4-6-19)29(14-17-7-12-21(26)22(27)13-17)23(31)15-30(35(2,33)34)20-10-8-18(25)9-11-20/h7-13,16,19H,3-6,14-15H2,1-2H3,(H,28,32)/t16-/m1/s1. The van der Waals surface area contributed by atoms with Crippen LogP contribution in [0.1, 0.15) is 38.2 Å². The van der Waals surface area contributed by atoms with E-state index in [1.807, 2.05) is 0 Å². The van der Waals surface area contributed by atoms with Gasteiger partial charge in [0, 0.05) is 17.6 Å². The van der Waals surface area contributed by atoms with E-state index in [2.05, 4.69) is 5.32 Å². The molecule has 7 nitrogen and oxygen atoms in total. The quantitative estimate of drug-likeness (QED) is 0.473. The summed E-state index contributed by atoms with van der Waals surface area (Å²) in [6.45, 7) is 1.20. The van der Waals surface area contributed by atoms with E-state index in [9.17, 15) is 18.0 Å². The van der Waals surface area contributed by atoms with Crippen LogP contribution >= 0.6 is 34.8 Å². The Morgan fingerprint density at radius 3 is 2.23 bits per heavy atom. The third kappa shape index (κ3) is 7.49. The van der Waals surface area contributed by atoms with E-state index in [1.54, 1.807) is 37.3 Å². The zero-order chi connectivity index (χ0) is 25.8. The Hall–Kier alpha value is -2.00. The van der Waals surface area contributed by atoms with Crippen molar-refractivity contribution in [3.8, 4) is 0 Å². The van der Waals surface area contributed by atoms with E-state index in [1.165, 1.54) is 17.0 Å². The molecule has 0 heterocycles. The van der Waals surface area contributed by atoms with Gasteiger partial charge < -0.3 is 10.2 Å². The molecule has 1 saturated carbocycles. The average Bonchev–Trinajstić information content (AvgIpc) is 3.30. The van der Waals surface area contributed by atoms with Crippen LogP contribution in [0.3, 0.4) is 0 Å². The molecule has 0 unspecified atom stereocenters. The molecule has 35 heavy (non-hydrogen) atoms. The van der Waals surface area contributed by atoms with Crippen LogP contribution in [-0.2, 0) is 26.2 Å². The second-order valence-corrected chi connectivity index (χ2v) is 11.8. The van der Waals surface area contributed by atoms with E-state index < -0.39 is 28.5 Å². The molecule has 0 aliphatic heterocycles. The highest BCUT2D eigenvalue weighted by Gasteiger charge is 2.31. The van der Waals surface area contributed by atoms with Crippen LogP contribution in [0.25, 0.3) is 0 Å². The minimum absolute atomic E-state index is 0.0488. The second kappa shape index (κ2) is 11.8. The molecule has 2 aromatic rings. The Kier molecular flexibility index (Phi) is 9.32. The number of carbonyl (C=O) groups excluding carboxylic acids is 2. The summed E-state index contributed by atoms with van der Waals surface area (Å²) >= 11 is 18.1. The maximum atomic E-state index is 13.5. The van der Waals surface area contributed by atoms with Crippen molar-refractivity contribution in [3.63, 3.8) is 0 Å². The lowest BCUT2D eigenvalue weighted by Crippen LogP contribution is -2.52. The van der Waals surface area contributed by atoms with Gasteiger partial charge in [-0.05, 0) is 61.7 Å². The number of rotatable bonds is 9. The Balaban J connectivity index is 1.88. The van der Waals surface area contributed by atoms with Crippen molar-refractivity contribution in [2.24, 2.45) is 0 Å². The van der Waals surface area contributed by atoms with Crippen molar-refractivity contribution in [2.45, 2.75) is 51.2 Å². The number of sulfonamides is 1. The fraction of sp³-hybridized carbons (Fsp3) is 0.417. The van der Waals surface area contributed by atoms with E-state index in [4.69, 9.17) is 34.8 Å². The Morgan fingerprint density at radius 2 is 1.66 bits per heavy atom. The lowest BCUT2D eigenvalue weighted by Gasteiger charge is -2.32. The van der Waals surface area contributed by atoms with Crippen molar-refractivity contribution in [1.82, 2.24) is 10.2 Å². The normalized spacial score (nSPS) is 15.0. The highest BCUT2D eigenvalue weighted by molar-refractivity contribution is 7.92. The molecule has 0 aromatic heterocycles. The van der Waals surface area contributed by atoms with Gasteiger partial charge in [0.2, 0.25) is 21.8 Å². The van der Waals surface area contributed by atoms with Gasteiger partial charge in [-0.25, -0.2) is 8.42 Å². The van der Waals surface area contributed by atoms with Gasteiger partial charge in [0.15, 0.2) is 0 Å². The number of nitrogens with zero attached hydrogens (tertiary/aromatic N) is 2. The van der Waals surface area contributed by atoms with Crippen LogP contribution in [0.2, 0.25) is 15.1 Å². The van der Waals surface area contributed by atoms with E-state index >= 15 is 0 Å². The van der Waals surface area contributed by atoms with Gasteiger partial charge in [-0.15, -0.1) is 0 Å². The third-order valence-electron chi connectivity index (χ3n) is 6.00. The molecular weight excluding hydrogens is 533 g/mol. The molecule has 190 valence electrons. The SMILES string of the molecule is C[C@H](C(=O)NC1CCCC1)N(Cc1ccc(Cl)c(Cl)c1)C(=O)CN(c1ccc(Cl)cc1)S(C)(=O)=O. The Morgan fingerprint density at radius 1 is 1.03 bits per heavy atom. The molecule has 2 aromatic carbocycles. The molecule has 0 saturated heterocycles. The molecule has 1 fully saturated rings. The number of benzene rings is 2. The van der Waals surface area contributed by atoms with E-state index in [0.717, 1.165) is 36.2 Å². The molecule has 0 radical (unpaired) electrons. The van der Waals surface area contributed by atoms with Crippen molar-refractivity contribution in [2.75, 3.05) is 17.1 Å². The topological polar surface area (TPSA) is 86.8 Å². The van der Waals surface area contributed by atoms with Crippen molar-refractivity contribution in [1.29, 1.82) is 0 Å². The van der Waals surface area contributed by atoms with Crippen LogP contribution in [0.5, 0.6) is 0 Å². The predicted molar refractivity (Wildman–Crippen MR) is 141 cm³/mol. The Labute approximate surface area is 221 Å². The predicted octanol–water partition coefficient (Wildman–Crippen LogP) is 4.89. The maximum Gasteiger partial charge on any atom is 0.244 e. The van der Waals surface area contributed by atoms with Gasteiger partial charge in [-0.2, -0.15) is 0 Å². The lowest BCUT2D eigenvalue weighted by molar-refractivity contribution is -0.139. The van der Waals surface area contributed by atoms with Gasteiger partial charge in [0.1, 0.15) is 12.6 Å². The van der Waals surface area contributed by atoms with Gasteiger partial charge >= 0.3 is 0 Å². The smallest absolute Gasteiger partial charge is 0.244 e. The molecule has 1 atom stereocenters. The first-order valence-corrected chi connectivity index (χ1v) is 14.2. The Bertz CT molecular complexity index is 1170. The first-order valence-electron chi connectivity index (χ1n) is 11.2. The van der Waals surface area contributed by atoms with Crippen molar-refractivity contribution < 1.29 is 18.0 Å². The monoisotopic (exact) mass is 559 g/mol. The molecule has 1 aliphatic carbocycles. The van der Waals surface area contributed by atoms with Crippen LogP contribution < -0.4 is 9.62 Å². The maximum absolute atomic E-state index is 13.5. The molecule has 0 bridgehead atoms. The number of nitrogens with one attached hydrogen (secondary N) is 1. The summed E-state index contributed by atoms with van der Waals surface area (Å²) < 4.78 is 26.1. The molecule has 2 amide bonds. The number of carbonyl (C=O) groups is 2. The summed E-state index contributed by atoms with van der Waals surface area (Å²) in [5.41, 5.74) is 0.952. The summed E-state index contributed by atoms with van der Waals surface area (Å²) in [5, 5.41) is 4.14. The fourth-order valence-electron chi connectivity index (χ4n) is 4.03. The summed E-state index contributed by atoms with van der Waals surface area (Å²) in [5.74, 6) is -0.826. The number of halogens is 3.